The largest absolute Gasteiger partial charge is 0.427 e. The second kappa shape index (κ2) is 20.7. The number of nitrogens with two attached hydrogens (primary N) is 1. The number of carbonyl (C=O) groups excluding carboxylic acids is 2. The van der Waals surface area contributed by atoms with Gasteiger partial charge in [0.1, 0.15) is 5.76 Å². The van der Waals surface area contributed by atoms with Gasteiger partial charge in [0.2, 0.25) is 5.91 Å². The lowest BCUT2D eigenvalue weighted by Gasteiger charge is -2.12. The Kier molecular flexibility index (Phi) is 19.6. The smallest absolute Gasteiger partial charge is 0.335 e. The van der Waals surface area contributed by atoms with Crippen molar-refractivity contribution in [1.29, 1.82) is 0 Å². The summed E-state index contributed by atoms with van der Waals surface area (Å²) in [6, 6.07) is 0. The number of carbonyl (C=O) groups is 2. The molecular weight excluding hydrogens is 374 g/mol. The normalized spacial score (nSPS) is 11.8. The van der Waals surface area contributed by atoms with Crippen molar-refractivity contribution in [3.63, 3.8) is 0 Å². The average molecular weight is 422 g/mol. The van der Waals surface area contributed by atoms with Crippen molar-refractivity contribution >= 4 is 11.9 Å². The maximum Gasteiger partial charge on any atom is 0.335 e. The molecule has 4 nitrogen and oxygen atoms in total. The second-order valence-electron chi connectivity index (χ2n) is 8.34. The number of primary amides is 1. The SMILES string of the molecule is C=CC(=O)OC(CCCCCCCCCCCCCCCCC)=C(CCC)C(N)=O. The fourth-order valence-corrected chi connectivity index (χ4v) is 3.73. The molecule has 174 valence electrons. The van der Waals surface area contributed by atoms with E-state index in [-0.39, 0.29) is 0 Å². The molecule has 30 heavy (non-hydrogen) atoms. The van der Waals surface area contributed by atoms with E-state index in [0.717, 1.165) is 25.3 Å². The molecule has 0 spiro atoms. The number of ether oxygens (including phenoxy) is 1. The average Bonchev–Trinajstić information content (AvgIpc) is 2.73. The predicted octanol–water partition coefficient (Wildman–Crippen LogP) is 7.52. The van der Waals surface area contributed by atoms with Crippen molar-refractivity contribution in [2.45, 2.75) is 129 Å². The molecule has 4 heteroatoms. The van der Waals surface area contributed by atoms with Crippen molar-refractivity contribution in [2.24, 2.45) is 5.73 Å². The van der Waals surface area contributed by atoms with E-state index in [9.17, 15) is 9.59 Å². The number of amides is 1. The van der Waals surface area contributed by atoms with E-state index in [1.807, 2.05) is 6.92 Å². The first-order valence-electron chi connectivity index (χ1n) is 12.4. The minimum Gasteiger partial charge on any atom is -0.427 e. The third-order valence-corrected chi connectivity index (χ3v) is 5.53. The van der Waals surface area contributed by atoms with Gasteiger partial charge in [-0.1, -0.05) is 117 Å². The van der Waals surface area contributed by atoms with Crippen LogP contribution in [0.3, 0.4) is 0 Å². The quantitative estimate of drug-likeness (QED) is 0.0901. The molecule has 0 aliphatic carbocycles. The Balaban J connectivity index is 3.87. The molecule has 0 saturated carbocycles. The summed E-state index contributed by atoms with van der Waals surface area (Å²) < 4.78 is 5.32. The summed E-state index contributed by atoms with van der Waals surface area (Å²) in [6.45, 7) is 7.67. The summed E-state index contributed by atoms with van der Waals surface area (Å²) in [5, 5.41) is 0. The predicted molar refractivity (Wildman–Crippen MR) is 127 cm³/mol. The summed E-state index contributed by atoms with van der Waals surface area (Å²) in [5.41, 5.74) is 5.93. The van der Waals surface area contributed by atoms with Crippen LogP contribution in [0.5, 0.6) is 0 Å². The van der Waals surface area contributed by atoms with Gasteiger partial charge in [-0.25, -0.2) is 4.79 Å². The first-order valence-corrected chi connectivity index (χ1v) is 12.4. The van der Waals surface area contributed by atoms with Gasteiger partial charge in [0, 0.05) is 12.5 Å². The third-order valence-electron chi connectivity index (χ3n) is 5.53. The molecule has 0 aliphatic heterocycles. The van der Waals surface area contributed by atoms with Crippen LogP contribution in [0.1, 0.15) is 129 Å². The zero-order valence-electron chi connectivity index (χ0n) is 19.8. The van der Waals surface area contributed by atoms with Crippen LogP contribution in [-0.4, -0.2) is 11.9 Å². The molecule has 0 radical (unpaired) electrons. The highest BCUT2D eigenvalue weighted by atomic mass is 16.5. The van der Waals surface area contributed by atoms with E-state index in [1.165, 1.54) is 83.5 Å². The maximum atomic E-state index is 11.7. The zero-order chi connectivity index (χ0) is 22.5. The van der Waals surface area contributed by atoms with Crippen LogP contribution in [0.25, 0.3) is 0 Å². The van der Waals surface area contributed by atoms with Gasteiger partial charge in [0.25, 0.3) is 0 Å². The van der Waals surface area contributed by atoms with Crippen molar-refractivity contribution in [3.05, 3.63) is 24.0 Å². The van der Waals surface area contributed by atoms with Gasteiger partial charge < -0.3 is 10.5 Å². The molecule has 0 aliphatic rings. The van der Waals surface area contributed by atoms with Crippen molar-refractivity contribution < 1.29 is 14.3 Å². The van der Waals surface area contributed by atoms with Crippen LogP contribution in [-0.2, 0) is 14.3 Å². The number of unbranched alkanes of at least 4 members (excludes halogenated alkanes) is 14. The summed E-state index contributed by atoms with van der Waals surface area (Å²) in [4.78, 5) is 23.3. The lowest BCUT2D eigenvalue weighted by molar-refractivity contribution is -0.134. The number of allylic oxidation sites excluding steroid dienone is 1. The minimum atomic E-state index is -0.527. The van der Waals surface area contributed by atoms with Crippen LogP contribution >= 0.6 is 0 Å². The zero-order valence-corrected chi connectivity index (χ0v) is 19.8. The van der Waals surface area contributed by atoms with Crippen molar-refractivity contribution in [1.82, 2.24) is 0 Å². The Labute approximate surface area is 185 Å². The number of hydrogen-bond acceptors (Lipinski definition) is 3. The van der Waals surface area contributed by atoms with E-state index in [2.05, 4.69) is 13.5 Å². The highest BCUT2D eigenvalue weighted by molar-refractivity contribution is 5.93. The number of hydrogen-bond donors (Lipinski definition) is 1. The fourth-order valence-electron chi connectivity index (χ4n) is 3.73. The number of esters is 1. The highest BCUT2D eigenvalue weighted by Crippen LogP contribution is 2.20. The lowest BCUT2D eigenvalue weighted by Crippen LogP contribution is -2.18. The Morgan fingerprint density at radius 2 is 1.13 bits per heavy atom. The van der Waals surface area contributed by atoms with Gasteiger partial charge in [-0.3, -0.25) is 4.79 Å². The lowest BCUT2D eigenvalue weighted by atomic mass is 10.0. The van der Waals surface area contributed by atoms with Crippen LogP contribution in [0, 0.1) is 0 Å². The van der Waals surface area contributed by atoms with E-state index in [1.54, 1.807) is 0 Å². The molecule has 0 aromatic rings. The Morgan fingerprint density at radius 3 is 1.50 bits per heavy atom. The van der Waals surface area contributed by atoms with Crippen LogP contribution in [0.4, 0.5) is 0 Å². The van der Waals surface area contributed by atoms with Gasteiger partial charge >= 0.3 is 5.97 Å². The highest BCUT2D eigenvalue weighted by Gasteiger charge is 2.15. The van der Waals surface area contributed by atoms with Gasteiger partial charge in [-0.15, -0.1) is 0 Å². The third kappa shape index (κ3) is 16.2. The van der Waals surface area contributed by atoms with Crippen LogP contribution in [0.15, 0.2) is 24.0 Å². The Morgan fingerprint density at radius 1 is 0.700 bits per heavy atom. The molecule has 0 unspecified atom stereocenters. The molecule has 1 amide bonds. The van der Waals surface area contributed by atoms with Gasteiger partial charge in [-0.05, 0) is 12.8 Å². The molecule has 0 aromatic carbocycles. The molecule has 0 aromatic heterocycles. The standard InChI is InChI=1S/C26H47NO3/c1-4-7-8-9-10-11-12-13-14-15-16-17-18-19-20-22-24(30-25(28)6-3)23(21-5-2)26(27)29/h6H,3-5,7-22H2,1-2H3,(H2,27,29). The Hall–Kier alpha value is -1.58. The Bertz CT molecular complexity index is 497. The minimum absolute atomic E-state index is 0.434. The first-order chi connectivity index (χ1) is 14.6. The van der Waals surface area contributed by atoms with E-state index in [0.29, 0.717) is 24.2 Å². The van der Waals surface area contributed by atoms with Gasteiger partial charge in [-0.2, -0.15) is 0 Å². The van der Waals surface area contributed by atoms with E-state index in [4.69, 9.17) is 10.5 Å². The maximum absolute atomic E-state index is 11.7. The molecule has 0 saturated heterocycles. The summed E-state index contributed by atoms with van der Waals surface area (Å²) in [7, 11) is 0. The second-order valence-corrected chi connectivity index (χ2v) is 8.34. The summed E-state index contributed by atoms with van der Waals surface area (Å²) in [5.74, 6) is -0.588. The van der Waals surface area contributed by atoms with Crippen molar-refractivity contribution in [2.75, 3.05) is 0 Å². The molecule has 0 fully saturated rings. The molecule has 0 atom stereocenters. The molecule has 0 heterocycles. The molecular formula is C26H47NO3. The fraction of sp³-hybridized carbons (Fsp3) is 0.769. The van der Waals surface area contributed by atoms with Crippen LogP contribution in [0.2, 0.25) is 0 Å². The molecule has 2 N–H and O–H groups in total. The van der Waals surface area contributed by atoms with E-state index >= 15 is 0 Å². The monoisotopic (exact) mass is 421 g/mol. The van der Waals surface area contributed by atoms with Crippen molar-refractivity contribution in [3.8, 4) is 0 Å². The first kappa shape index (κ1) is 28.4. The summed E-state index contributed by atoms with van der Waals surface area (Å²) in [6.07, 6.45) is 22.5. The molecule has 0 rings (SSSR count). The van der Waals surface area contributed by atoms with Crippen LogP contribution < -0.4 is 5.73 Å². The summed E-state index contributed by atoms with van der Waals surface area (Å²) >= 11 is 0. The number of rotatable bonds is 21. The van der Waals surface area contributed by atoms with Gasteiger partial charge in [0.15, 0.2) is 0 Å². The van der Waals surface area contributed by atoms with E-state index < -0.39 is 11.9 Å². The van der Waals surface area contributed by atoms with Gasteiger partial charge in [0.05, 0.1) is 5.57 Å². The molecule has 0 bridgehead atoms. The topological polar surface area (TPSA) is 69.4 Å².